The lowest BCUT2D eigenvalue weighted by Crippen LogP contribution is -2.53. The first-order valence-electron chi connectivity index (χ1n) is 10.2. The van der Waals surface area contributed by atoms with E-state index in [1.807, 2.05) is 4.90 Å². The second kappa shape index (κ2) is 8.71. The Balaban J connectivity index is 1.30. The number of pyridine rings is 2. The SMILES string of the molecule is O=S(=O)(c1cccnc1)N1CCC(N2CCN(c3ccc(C(F)(F)F)cn3)CC2)CC1. The monoisotopic (exact) mass is 455 g/mol. The van der Waals surface area contributed by atoms with Gasteiger partial charge in [-0.05, 0) is 37.1 Å². The van der Waals surface area contributed by atoms with Crippen molar-refractivity contribution in [3.8, 4) is 0 Å². The van der Waals surface area contributed by atoms with E-state index in [0.29, 0.717) is 38.0 Å². The van der Waals surface area contributed by atoms with E-state index in [1.165, 1.54) is 16.6 Å². The molecule has 0 aromatic carbocycles. The Morgan fingerprint density at radius 3 is 2.19 bits per heavy atom. The predicted octanol–water partition coefficient (Wildman–Crippen LogP) is 2.47. The van der Waals surface area contributed by atoms with Crippen LogP contribution in [-0.4, -0.2) is 72.9 Å². The number of sulfonamides is 1. The predicted molar refractivity (Wildman–Crippen MR) is 109 cm³/mol. The van der Waals surface area contributed by atoms with Crippen LogP contribution in [0, 0.1) is 0 Å². The third-order valence-corrected chi connectivity index (χ3v) is 7.81. The summed E-state index contributed by atoms with van der Waals surface area (Å²) in [6.45, 7) is 3.80. The number of alkyl halides is 3. The Morgan fingerprint density at radius 1 is 0.935 bits per heavy atom. The minimum atomic E-state index is -4.39. The molecule has 0 bridgehead atoms. The molecule has 2 aromatic rings. The summed E-state index contributed by atoms with van der Waals surface area (Å²) in [5, 5.41) is 0. The summed E-state index contributed by atoms with van der Waals surface area (Å²) in [6, 6.07) is 5.95. The first kappa shape index (κ1) is 22.0. The van der Waals surface area contributed by atoms with E-state index in [2.05, 4.69) is 14.9 Å². The van der Waals surface area contributed by atoms with Crippen LogP contribution in [0.5, 0.6) is 0 Å². The van der Waals surface area contributed by atoms with E-state index in [4.69, 9.17) is 0 Å². The molecule has 31 heavy (non-hydrogen) atoms. The number of anilines is 1. The van der Waals surface area contributed by atoms with Gasteiger partial charge in [-0.3, -0.25) is 9.88 Å². The van der Waals surface area contributed by atoms with Gasteiger partial charge in [-0.1, -0.05) is 0 Å². The van der Waals surface area contributed by atoms with Crippen molar-refractivity contribution in [2.24, 2.45) is 0 Å². The maximum atomic E-state index is 12.7. The number of hydrogen-bond donors (Lipinski definition) is 0. The minimum absolute atomic E-state index is 0.214. The van der Waals surface area contributed by atoms with Crippen molar-refractivity contribution in [3.63, 3.8) is 0 Å². The maximum Gasteiger partial charge on any atom is 0.417 e. The summed E-state index contributed by atoms with van der Waals surface area (Å²) in [4.78, 5) is 12.4. The summed E-state index contributed by atoms with van der Waals surface area (Å²) in [6.07, 6.45) is 0.904. The van der Waals surface area contributed by atoms with Crippen LogP contribution < -0.4 is 4.90 Å². The van der Waals surface area contributed by atoms with Gasteiger partial charge in [0.05, 0.1) is 5.56 Å². The van der Waals surface area contributed by atoms with Crippen LogP contribution in [0.4, 0.5) is 19.0 Å². The highest BCUT2D eigenvalue weighted by molar-refractivity contribution is 7.89. The minimum Gasteiger partial charge on any atom is -0.354 e. The molecule has 2 saturated heterocycles. The molecule has 0 radical (unpaired) electrons. The Labute approximate surface area is 179 Å². The lowest BCUT2D eigenvalue weighted by atomic mass is 10.0. The number of aromatic nitrogens is 2. The second-order valence-electron chi connectivity index (χ2n) is 7.75. The van der Waals surface area contributed by atoms with Gasteiger partial charge in [0.15, 0.2) is 0 Å². The van der Waals surface area contributed by atoms with Crippen molar-refractivity contribution in [3.05, 3.63) is 48.4 Å². The first-order chi connectivity index (χ1) is 14.7. The molecule has 7 nitrogen and oxygen atoms in total. The summed E-state index contributed by atoms with van der Waals surface area (Å²) in [5.41, 5.74) is -0.747. The number of hydrogen-bond acceptors (Lipinski definition) is 6. The molecule has 2 aromatic heterocycles. The van der Waals surface area contributed by atoms with Gasteiger partial charge in [0.25, 0.3) is 0 Å². The molecule has 0 saturated carbocycles. The molecule has 0 N–H and O–H groups in total. The van der Waals surface area contributed by atoms with E-state index < -0.39 is 21.8 Å². The molecule has 0 atom stereocenters. The summed E-state index contributed by atoms with van der Waals surface area (Å²) in [5.74, 6) is 0.546. The zero-order valence-electron chi connectivity index (χ0n) is 16.9. The van der Waals surface area contributed by atoms with Crippen LogP contribution in [0.25, 0.3) is 0 Å². The molecule has 4 rings (SSSR count). The van der Waals surface area contributed by atoms with Gasteiger partial charge in [-0.15, -0.1) is 0 Å². The Morgan fingerprint density at radius 2 is 1.65 bits per heavy atom. The molecule has 2 fully saturated rings. The van der Waals surface area contributed by atoms with Crippen molar-refractivity contribution >= 4 is 15.8 Å². The molecule has 2 aliphatic heterocycles. The number of piperidine rings is 1. The van der Waals surface area contributed by atoms with E-state index in [0.717, 1.165) is 38.2 Å². The Bertz CT molecular complexity index is 970. The zero-order valence-corrected chi connectivity index (χ0v) is 17.7. The van der Waals surface area contributed by atoms with Crippen molar-refractivity contribution in [2.75, 3.05) is 44.2 Å². The number of piperazine rings is 1. The van der Waals surface area contributed by atoms with E-state index >= 15 is 0 Å². The van der Waals surface area contributed by atoms with Crippen LogP contribution in [0.15, 0.2) is 47.8 Å². The summed E-state index contributed by atoms with van der Waals surface area (Å²) < 4.78 is 65.1. The van der Waals surface area contributed by atoms with E-state index in [-0.39, 0.29) is 4.90 Å². The number of halogens is 3. The van der Waals surface area contributed by atoms with Crippen molar-refractivity contribution < 1.29 is 21.6 Å². The van der Waals surface area contributed by atoms with Gasteiger partial charge in [-0.25, -0.2) is 13.4 Å². The fourth-order valence-electron chi connectivity index (χ4n) is 4.15. The molecular formula is C20H24F3N5O2S. The normalized spacial score (nSPS) is 20.2. The van der Waals surface area contributed by atoms with Crippen molar-refractivity contribution in [1.82, 2.24) is 19.2 Å². The van der Waals surface area contributed by atoms with E-state index in [9.17, 15) is 21.6 Å². The standard InChI is InChI=1S/C20H24F3N5O2S/c21-20(22,23)16-3-4-19(25-14-16)27-12-10-26(11-13-27)17-5-8-28(9-6-17)31(29,30)18-2-1-7-24-15-18/h1-4,7,14-15,17H,5-6,8-13H2. The molecule has 0 unspecified atom stereocenters. The average Bonchev–Trinajstić information content (AvgIpc) is 2.79. The fourth-order valence-corrected chi connectivity index (χ4v) is 5.59. The van der Waals surface area contributed by atoms with E-state index in [1.54, 1.807) is 18.3 Å². The largest absolute Gasteiger partial charge is 0.417 e. The maximum absolute atomic E-state index is 12.7. The molecule has 0 aliphatic carbocycles. The summed E-state index contributed by atoms with van der Waals surface area (Å²) >= 11 is 0. The van der Waals surface area contributed by atoms with Gasteiger partial charge in [0.2, 0.25) is 10.0 Å². The van der Waals surface area contributed by atoms with Crippen LogP contribution in [-0.2, 0) is 16.2 Å². The molecule has 11 heteroatoms. The lowest BCUT2D eigenvalue weighted by molar-refractivity contribution is -0.137. The Hall–Kier alpha value is -2.24. The van der Waals surface area contributed by atoms with Gasteiger partial charge in [0, 0.05) is 63.9 Å². The van der Waals surface area contributed by atoms with Crippen LogP contribution in [0.3, 0.4) is 0 Å². The fraction of sp³-hybridized carbons (Fsp3) is 0.500. The van der Waals surface area contributed by atoms with Gasteiger partial charge in [0.1, 0.15) is 10.7 Å². The quantitative estimate of drug-likeness (QED) is 0.706. The molecule has 168 valence electrons. The second-order valence-corrected chi connectivity index (χ2v) is 9.69. The average molecular weight is 456 g/mol. The topological polar surface area (TPSA) is 69.6 Å². The third-order valence-electron chi connectivity index (χ3n) is 5.93. The van der Waals surface area contributed by atoms with Crippen molar-refractivity contribution in [1.29, 1.82) is 0 Å². The van der Waals surface area contributed by atoms with Gasteiger partial charge < -0.3 is 4.90 Å². The summed E-state index contributed by atoms with van der Waals surface area (Å²) in [7, 11) is -3.52. The number of nitrogens with zero attached hydrogens (tertiary/aromatic N) is 5. The van der Waals surface area contributed by atoms with Gasteiger partial charge >= 0.3 is 6.18 Å². The highest BCUT2D eigenvalue weighted by Gasteiger charge is 2.34. The van der Waals surface area contributed by atoms with Crippen LogP contribution in [0.1, 0.15) is 18.4 Å². The first-order valence-corrected chi connectivity index (χ1v) is 11.6. The molecule has 0 spiro atoms. The van der Waals surface area contributed by atoms with Crippen LogP contribution in [0.2, 0.25) is 0 Å². The highest BCUT2D eigenvalue weighted by Crippen LogP contribution is 2.30. The van der Waals surface area contributed by atoms with Crippen molar-refractivity contribution in [2.45, 2.75) is 30.0 Å². The third kappa shape index (κ3) is 4.83. The lowest BCUT2D eigenvalue weighted by Gasteiger charge is -2.42. The molecule has 0 amide bonds. The highest BCUT2D eigenvalue weighted by atomic mass is 32.2. The van der Waals surface area contributed by atoms with Gasteiger partial charge in [-0.2, -0.15) is 17.5 Å². The molecule has 2 aliphatic rings. The smallest absolute Gasteiger partial charge is 0.354 e. The Kier molecular flexibility index (Phi) is 6.18. The zero-order chi connectivity index (χ0) is 22.1. The molecule has 4 heterocycles. The van der Waals surface area contributed by atoms with Crippen LogP contribution >= 0.6 is 0 Å². The number of rotatable bonds is 4. The molecular weight excluding hydrogens is 431 g/mol.